The standard InChI is InChI=1S/C24H25N7O/c25-12-10-16-6-8-18(9-7-16)31-21(15-32-30-23(26)17-4-2-1-3-5-17)29-20-14-28-24-19(22(20)31)11-13-27-24/h1-5,11,13-14,16,18H,6-10,15H2,(H2,26,30)(H,27,28). The summed E-state index contributed by atoms with van der Waals surface area (Å²) >= 11 is 0. The number of nitrogens with zero attached hydrogens (tertiary/aromatic N) is 5. The minimum absolute atomic E-state index is 0.215. The van der Waals surface area contributed by atoms with Crippen molar-refractivity contribution in [2.24, 2.45) is 16.8 Å². The molecule has 0 radical (unpaired) electrons. The van der Waals surface area contributed by atoms with Crippen molar-refractivity contribution in [2.75, 3.05) is 0 Å². The minimum atomic E-state index is 0.215. The molecule has 1 aromatic carbocycles. The van der Waals surface area contributed by atoms with E-state index in [0.717, 1.165) is 59.1 Å². The molecule has 0 unspecified atom stereocenters. The molecule has 1 aliphatic rings. The predicted octanol–water partition coefficient (Wildman–Crippen LogP) is 4.39. The van der Waals surface area contributed by atoms with Crippen molar-refractivity contribution in [3.05, 3.63) is 60.2 Å². The number of amidine groups is 1. The van der Waals surface area contributed by atoms with E-state index in [-0.39, 0.29) is 6.61 Å². The van der Waals surface area contributed by atoms with Gasteiger partial charge in [0.1, 0.15) is 11.2 Å². The highest BCUT2D eigenvalue weighted by Crippen LogP contribution is 2.38. The molecule has 0 atom stereocenters. The van der Waals surface area contributed by atoms with Crippen molar-refractivity contribution in [3.8, 4) is 6.07 Å². The molecule has 1 fully saturated rings. The Bertz CT molecular complexity index is 1290. The van der Waals surface area contributed by atoms with Crippen LogP contribution in [-0.2, 0) is 11.4 Å². The Labute approximate surface area is 185 Å². The van der Waals surface area contributed by atoms with E-state index in [2.05, 4.69) is 25.8 Å². The van der Waals surface area contributed by atoms with E-state index in [0.29, 0.717) is 24.2 Å². The molecule has 0 bridgehead atoms. The molecule has 0 spiro atoms. The first-order valence-corrected chi connectivity index (χ1v) is 10.9. The van der Waals surface area contributed by atoms with Crippen molar-refractivity contribution >= 4 is 27.9 Å². The van der Waals surface area contributed by atoms with Crippen molar-refractivity contribution in [3.63, 3.8) is 0 Å². The number of H-pyrrole nitrogens is 1. The van der Waals surface area contributed by atoms with Crippen LogP contribution < -0.4 is 5.73 Å². The molecule has 8 heteroatoms. The van der Waals surface area contributed by atoms with E-state index < -0.39 is 0 Å². The van der Waals surface area contributed by atoms with E-state index in [1.807, 2.05) is 42.6 Å². The van der Waals surface area contributed by atoms with Gasteiger partial charge in [-0.2, -0.15) is 5.26 Å². The number of rotatable bonds is 6. The van der Waals surface area contributed by atoms with Crippen LogP contribution in [0.4, 0.5) is 0 Å². The Kier molecular flexibility index (Phi) is 5.46. The lowest BCUT2D eigenvalue weighted by molar-refractivity contribution is 0.119. The summed E-state index contributed by atoms with van der Waals surface area (Å²) < 4.78 is 2.30. The quantitative estimate of drug-likeness (QED) is 0.269. The largest absolute Gasteiger partial charge is 0.386 e. The van der Waals surface area contributed by atoms with Crippen LogP contribution in [0.5, 0.6) is 0 Å². The topological polar surface area (TPSA) is 118 Å². The highest BCUT2D eigenvalue weighted by molar-refractivity contribution is 6.01. The number of pyridine rings is 1. The second kappa shape index (κ2) is 8.71. The highest BCUT2D eigenvalue weighted by atomic mass is 16.6. The number of aromatic amines is 1. The van der Waals surface area contributed by atoms with Crippen molar-refractivity contribution in [1.82, 2.24) is 19.5 Å². The molecular weight excluding hydrogens is 402 g/mol. The number of oxime groups is 1. The van der Waals surface area contributed by atoms with Crippen molar-refractivity contribution in [2.45, 2.75) is 44.8 Å². The molecule has 1 saturated carbocycles. The minimum Gasteiger partial charge on any atom is -0.386 e. The first kappa shape index (κ1) is 20.1. The van der Waals surface area contributed by atoms with E-state index in [1.165, 1.54) is 0 Å². The SMILES string of the molecule is N#CCC1CCC(n2c(CON=C(N)c3ccccc3)nc3cnc4[nH]ccc4c32)CC1. The number of fused-ring (bicyclic) bond motifs is 3. The van der Waals surface area contributed by atoms with Gasteiger partial charge in [-0.1, -0.05) is 35.5 Å². The van der Waals surface area contributed by atoms with Crippen LogP contribution in [0.15, 0.2) is 53.9 Å². The van der Waals surface area contributed by atoms with Gasteiger partial charge in [-0.15, -0.1) is 0 Å². The lowest BCUT2D eigenvalue weighted by Gasteiger charge is -2.29. The van der Waals surface area contributed by atoms with Crippen molar-refractivity contribution < 1.29 is 4.84 Å². The molecule has 0 saturated heterocycles. The summed E-state index contributed by atoms with van der Waals surface area (Å²) in [5.41, 5.74) is 9.65. The summed E-state index contributed by atoms with van der Waals surface area (Å²) in [6.07, 6.45) is 8.43. The monoisotopic (exact) mass is 427 g/mol. The lowest BCUT2D eigenvalue weighted by atomic mass is 9.84. The number of nitrogens with two attached hydrogens (primary N) is 1. The van der Waals surface area contributed by atoms with Crippen LogP contribution in [0, 0.1) is 17.2 Å². The van der Waals surface area contributed by atoms with Gasteiger partial charge >= 0.3 is 0 Å². The van der Waals surface area contributed by atoms with Gasteiger partial charge in [0.15, 0.2) is 18.3 Å². The lowest BCUT2D eigenvalue weighted by Crippen LogP contribution is -2.20. The van der Waals surface area contributed by atoms with Crippen LogP contribution in [0.2, 0.25) is 0 Å². The summed E-state index contributed by atoms with van der Waals surface area (Å²) in [4.78, 5) is 18.2. The van der Waals surface area contributed by atoms with E-state index in [9.17, 15) is 0 Å². The zero-order valence-electron chi connectivity index (χ0n) is 17.7. The third kappa shape index (κ3) is 3.78. The fourth-order valence-electron chi connectivity index (χ4n) is 4.69. The average Bonchev–Trinajstić information content (AvgIpc) is 3.44. The number of nitrogens with one attached hydrogen (secondary N) is 1. The van der Waals surface area contributed by atoms with E-state index in [4.69, 9.17) is 20.8 Å². The zero-order valence-corrected chi connectivity index (χ0v) is 17.7. The Morgan fingerprint density at radius 2 is 2.03 bits per heavy atom. The van der Waals surface area contributed by atoms with Gasteiger partial charge in [-0.05, 0) is 37.7 Å². The van der Waals surface area contributed by atoms with Gasteiger partial charge in [0, 0.05) is 29.6 Å². The van der Waals surface area contributed by atoms with Gasteiger partial charge in [0.05, 0.1) is 17.8 Å². The van der Waals surface area contributed by atoms with Crippen LogP contribution in [0.3, 0.4) is 0 Å². The smallest absolute Gasteiger partial charge is 0.174 e. The number of hydrogen-bond donors (Lipinski definition) is 2. The molecule has 4 aromatic rings. The molecule has 8 nitrogen and oxygen atoms in total. The molecule has 3 N–H and O–H groups in total. The Hall–Kier alpha value is -3.86. The normalized spacial score (nSPS) is 19.3. The summed E-state index contributed by atoms with van der Waals surface area (Å²) in [5, 5.41) is 14.2. The number of aromatic nitrogens is 4. The molecule has 1 aliphatic carbocycles. The van der Waals surface area contributed by atoms with Gasteiger partial charge < -0.3 is 20.1 Å². The van der Waals surface area contributed by atoms with Crippen LogP contribution in [-0.4, -0.2) is 25.4 Å². The van der Waals surface area contributed by atoms with E-state index in [1.54, 1.807) is 6.20 Å². The molecule has 162 valence electrons. The third-order valence-corrected chi connectivity index (χ3v) is 6.29. The fraction of sp³-hybridized carbons (Fsp3) is 0.333. The molecule has 32 heavy (non-hydrogen) atoms. The summed E-state index contributed by atoms with van der Waals surface area (Å²) in [7, 11) is 0. The predicted molar refractivity (Wildman–Crippen MR) is 123 cm³/mol. The molecular formula is C24H25N7O. The highest BCUT2D eigenvalue weighted by Gasteiger charge is 2.27. The Morgan fingerprint density at radius 1 is 1.22 bits per heavy atom. The van der Waals surface area contributed by atoms with Crippen LogP contribution in [0.1, 0.15) is 49.5 Å². The molecule has 0 amide bonds. The summed E-state index contributed by atoms with van der Waals surface area (Å²) in [5.74, 6) is 1.62. The van der Waals surface area contributed by atoms with E-state index >= 15 is 0 Å². The summed E-state index contributed by atoms with van der Waals surface area (Å²) in [6.45, 7) is 0.215. The van der Waals surface area contributed by atoms with Gasteiger partial charge in [-0.25, -0.2) is 9.97 Å². The molecule has 5 rings (SSSR count). The van der Waals surface area contributed by atoms with Crippen LogP contribution in [0.25, 0.3) is 22.1 Å². The number of benzene rings is 1. The second-order valence-corrected chi connectivity index (χ2v) is 8.28. The molecule has 3 heterocycles. The first-order valence-electron chi connectivity index (χ1n) is 10.9. The third-order valence-electron chi connectivity index (χ3n) is 6.29. The summed E-state index contributed by atoms with van der Waals surface area (Å²) in [6, 6.07) is 14.2. The molecule has 0 aliphatic heterocycles. The fourth-order valence-corrected chi connectivity index (χ4v) is 4.69. The Balaban J connectivity index is 1.47. The molecule has 3 aromatic heterocycles. The zero-order chi connectivity index (χ0) is 21.9. The maximum absolute atomic E-state index is 9.06. The average molecular weight is 428 g/mol. The van der Waals surface area contributed by atoms with Gasteiger partial charge in [0.25, 0.3) is 0 Å². The van der Waals surface area contributed by atoms with Crippen LogP contribution >= 0.6 is 0 Å². The number of hydrogen-bond acceptors (Lipinski definition) is 5. The first-order chi connectivity index (χ1) is 15.7. The maximum atomic E-state index is 9.06. The number of nitriles is 1. The number of imidazole rings is 1. The van der Waals surface area contributed by atoms with Crippen molar-refractivity contribution in [1.29, 1.82) is 5.26 Å². The Morgan fingerprint density at radius 3 is 2.81 bits per heavy atom. The van der Waals surface area contributed by atoms with Gasteiger partial charge in [-0.3, -0.25) is 0 Å². The second-order valence-electron chi connectivity index (χ2n) is 8.28. The van der Waals surface area contributed by atoms with Gasteiger partial charge in [0.2, 0.25) is 0 Å². The maximum Gasteiger partial charge on any atom is 0.174 e.